The lowest BCUT2D eigenvalue weighted by Crippen LogP contribution is -2.05. The van der Waals surface area contributed by atoms with Gasteiger partial charge in [0, 0.05) is 41.7 Å². The first kappa shape index (κ1) is 27.0. The fourth-order valence-electron chi connectivity index (χ4n) is 3.66. The fraction of sp³-hybridized carbons (Fsp3) is 0.296. The molecule has 0 unspecified atom stereocenters. The molecule has 0 aliphatic rings. The number of nitrogens with one attached hydrogen (secondary N) is 1. The largest absolute Gasteiger partial charge is 0.493 e. The van der Waals surface area contributed by atoms with Crippen molar-refractivity contribution in [1.29, 1.82) is 5.26 Å². The SMILES string of the molecule is COc1cc2ncc(C#N)c(Nc3cc(Br)ccc3C[CH]CCCCOC(C)=O)c2cc1OC(C)=O. The molecule has 8 nitrogen and oxygen atoms in total. The van der Waals surface area contributed by atoms with Gasteiger partial charge in [-0.05, 0) is 55.9 Å². The number of hydrogen-bond donors (Lipinski definition) is 1. The summed E-state index contributed by atoms with van der Waals surface area (Å²) in [4.78, 5) is 26.9. The molecule has 0 saturated heterocycles. The number of nitriles is 1. The summed E-state index contributed by atoms with van der Waals surface area (Å²) in [6.45, 7) is 3.15. The molecular weight excluding hydrogens is 526 g/mol. The van der Waals surface area contributed by atoms with E-state index in [0.29, 0.717) is 40.9 Å². The van der Waals surface area contributed by atoms with Crippen molar-refractivity contribution in [2.75, 3.05) is 19.0 Å². The van der Waals surface area contributed by atoms with Crippen LogP contribution in [0.5, 0.6) is 11.5 Å². The van der Waals surface area contributed by atoms with E-state index in [1.165, 1.54) is 27.2 Å². The summed E-state index contributed by atoms with van der Waals surface area (Å²) < 4.78 is 16.5. The number of fused-ring (bicyclic) bond motifs is 1. The molecule has 1 radical (unpaired) electrons. The van der Waals surface area contributed by atoms with Crippen molar-refractivity contribution in [2.24, 2.45) is 0 Å². The number of nitrogens with zero attached hydrogens (tertiary/aromatic N) is 2. The first-order valence-electron chi connectivity index (χ1n) is 11.4. The zero-order chi connectivity index (χ0) is 26.1. The minimum Gasteiger partial charge on any atom is -0.493 e. The summed E-state index contributed by atoms with van der Waals surface area (Å²) in [7, 11) is 1.48. The highest BCUT2D eigenvalue weighted by Crippen LogP contribution is 2.38. The maximum atomic E-state index is 11.6. The van der Waals surface area contributed by atoms with Crippen molar-refractivity contribution >= 4 is 50.1 Å². The third-order valence-electron chi connectivity index (χ3n) is 5.33. The van der Waals surface area contributed by atoms with Gasteiger partial charge in [-0.1, -0.05) is 22.0 Å². The van der Waals surface area contributed by atoms with Gasteiger partial charge in [-0.15, -0.1) is 0 Å². The van der Waals surface area contributed by atoms with Crippen LogP contribution >= 0.6 is 15.9 Å². The van der Waals surface area contributed by atoms with Crippen LogP contribution in [0.2, 0.25) is 0 Å². The molecule has 0 bridgehead atoms. The van der Waals surface area contributed by atoms with Gasteiger partial charge < -0.3 is 19.5 Å². The minimum absolute atomic E-state index is 0.244. The lowest BCUT2D eigenvalue weighted by Gasteiger charge is -2.17. The number of anilines is 2. The lowest BCUT2D eigenvalue weighted by molar-refractivity contribution is -0.141. The second-order valence-corrected chi connectivity index (χ2v) is 8.94. The Morgan fingerprint density at radius 3 is 2.64 bits per heavy atom. The standard InChI is InChI=1S/C27H27BrN3O5/c1-17(32)35-11-7-5-4-6-8-19-9-10-21(28)12-23(19)31-27-20(15-29)16-30-24-14-25(34-3)26(13-22(24)27)36-18(2)33/h6,9-10,12-14,16H,4-5,7-8,11H2,1-3H3,(H,30,31). The van der Waals surface area contributed by atoms with Gasteiger partial charge in [-0.2, -0.15) is 5.26 Å². The van der Waals surface area contributed by atoms with Crippen molar-refractivity contribution in [3.8, 4) is 17.6 Å². The Hall–Kier alpha value is -3.64. The van der Waals surface area contributed by atoms with Crippen molar-refractivity contribution in [3.63, 3.8) is 0 Å². The quantitative estimate of drug-likeness (QED) is 0.174. The van der Waals surface area contributed by atoms with Gasteiger partial charge in [0.05, 0.1) is 30.5 Å². The first-order valence-corrected chi connectivity index (χ1v) is 12.2. The first-order chi connectivity index (χ1) is 17.3. The van der Waals surface area contributed by atoms with Crippen LogP contribution in [0.3, 0.4) is 0 Å². The molecule has 1 N–H and O–H groups in total. The average molecular weight is 553 g/mol. The number of pyridine rings is 1. The molecule has 3 rings (SSSR count). The van der Waals surface area contributed by atoms with Crippen molar-refractivity contribution in [1.82, 2.24) is 4.98 Å². The molecule has 36 heavy (non-hydrogen) atoms. The Balaban J connectivity index is 1.88. The Morgan fingerprint density at radius 2 is 1.94 bits per heavy atom. The van der Waals surface area contributed by atoms with Gasteiger partial charge in [0.25, 0.3) is 0 Å². The number of aromatic nitrogens is 1. The molecule has 0 spiro atoms. The van der Waals surface area contributed by atoms with E-state index in [4.69, 9.17) is 14.2 Å². The van der Waals surface area contributed by atoms with Gasteiger partial charge in [0.1, 0.15) is 6.07 Å². The Labute approximate surface area is 218 Å². The zero-order valence-corrected chi connectivity index (χ0v) is 22.0. The number of benzene rings is 2. The molecule has 1 heterocycles. The Kier molecular flexibility index (Phi) is 9.65. The molecule has 0 amide bonds. The molecule has 1 aromatic heterocycles. The predicted molar refractivity (Wildman–Crippen MR) is 140 cm³/mol. The van der Waals surface area contributed by atoms with Crippen molar-refractivity contribution in [2.45, 2.75) is 39.5 Å². The van der Waals surface area contributed by atoms with Crippen LogP contribution in [0.15, 0.2) is 41.0 Å². The summed E-state index contributed by atoms with van der Waals surface area (Å²) >= 11 is 3.53. The summed E-state index contributed by atoms with van der Waals surface area (Å²) in [5, 5.41) is 13.8. The highest BCUT2D eigenvalue weighted by molar-refractivity contribution is 9.10. The minimum atomic E-state index is -0.482. The number of halogens is 1. The molecule has 2 aromatic carbocycles. The highest BCUT2D eigenvalue weighted by Gasteiger charge is 2.16. The smallest absolute Gasteiger partial charge is 0.308 e. The number of rotatable bonds is 11. The van der Waals surface area contributed by atoms with E-state index in [9.17, 15) is 14.9 Å². The van der Waals surface area contributed by atoms with Crippen molar-refractivity contribution < 1.29 is 23.8 Å². The predicted octanol–water partition coefficient (Wildman–Crippen LogP) is 6.03. The van der Waals surface area contributed by atoms with E-state index < -0.39 is 5.97 Å². The zero-order valence-electron chi connectivity index (χ0n) is 20.4. The molecule has 0 fully saturated rings. The van der Waals surface area contributed by atoms with E-state index in [2.05, 4.69) is 38.7 Å². The summed E-state index contributed by atoms with van der Waals surface area (Å²) in [6.07, 6.45) is 7.00. The topological polar surface area (TPSA) is 111 Å². The molecule has 0 atom stereocenters. The fourth-order valence-corrected chi connectivity index (χ4v) is 4.02. The second-order valence-electron chi connectivity index (χ2n) is 8.03. The number of methoxy groups -OCH3 is 1. The lowest BCUT2D eigenvalue weighted by atomic mass is 10.0. The number of esters is 2. The summed E-state index contributed by atoms with van der Waals surface area (Å²) in [5.41, 5.74) is 3.36. The molecule has 0 aliphatic carbocycles. The van der Waals surface area contributed by atoms with Gasteiger partial charge in [-0.3, -0.25) is 14.6 Å². The van der Waals surface area contributed by atoms with Gasteiger partial charge in [0.15, 0.2) is 11.5 Å². The van der Waals surface area contributed by atoms with Gasteiger partial charge in [0.2, 0.25) is 0 Å². The maximum Gasteiger partial charge on any atom is 0.308 e. The monoisotopic (exact) mass is 552 g/mol. The van der Waals surface area contributed by atoms with Crippen LogP contribution in [-0.2, 0) is 20.7 Å². The third-order valence-corrected chi connectivity index (χ3v) is 5.82. The number of carbonyl (C=O) groups is 2. The molecule has 0 aliphatic heterocycles. The Morgan fingerprint density at radius 1 is 1.14 bits per heavy atom. The van der Waals surface area contributed by atoms with E-state index >= 15 is 0 Å². The van der Waals surface area contributed by atoms with Gasteiger partial charge in [-0.25, -0.2) is 0 Å². The van der Waals surface area contributed by atoms with Crippen LogP contribution < -0.4 is 14.8 Å². The Bertz CT molecular complexity index is 1300. The van der Waals surface area contributed by atoms with E-state index in [1.54, 1.807) is 12.1 Å². The molecule has 3 aromatic rings. The number of carbonyl (C=O) groups excluding carboxylic acids is 2. The van der Waals surface area contributed by atoms with Crippen LogP contribution in [0.25, 0.3) is 10.9 Å². The molecule has 187 valence electrons. The highest BCUT2D eigenvalue weighted by atomic mass is 79.9. The normalized spacial score (nSPS) is 10.5. The van der Waals surface area contributed by atoms with Crippen LogP contribution in [0, 0.1) is 17.8 Å². The third kappa shape index (κ3) is 7.18. The van der Waals surface area contributed by atoms with E-state index in [1.807, 2.05) is 18.2 Å². The number of unbranched alkanes of at least 4 members (excludes halogenated alkanes) is 3. The summed E-state index contributed by atoms with van der Waals surface area (Å²) in [6, 6.07) is 11.5. The van der Waals surface area contributed by atoms with Crippen LogP contribution in [0.4, 0.5) is 11.4 Å². The number of ether oxygens (including phenoxy) is 3. The maximum absolute atomic E-state index is 11.6. The van der Waals surface area contributed by atoms with Crippen LogP contribution in [0.1, 0.15) is 44.2 Å². The molecular formula is C27H27BrN3O5. The summed E-state index contributed by atoms with van der Waals surface area (Å²) in [5.74, 6) is -0.131. The average Bonchev–Trinajstić information content (AvgIpc) is 2.84. The van der Waals surface area contributed by atoms with Crippen molar-refractivity contribution in [3.05, 3.63) is 58.5 Å². The molecule has 0 saturated carbocycles. The molecule has 9 heteroatoms. The second kappa shape index (κ2) is 12.9. The number of hydrogen-bond acceptors (Lipinski definition) is 8. The van der Waals surface area contributed by atoms with E-state index in [-0.39, 0.29) is 11.7 Å². The van der Waals surface area contributed by atoms with Gasteiger partial charge >= 0.3 is 11.9 Å². The van der Waals surface area contributed by atoms with E-state index in [0.717, 1.165) is 35.0 Å². The van der Waals surface area contributed by atoms with Crippen LogP contribution in [-0.4, -0.2) is 30.6 Å².